The molecule has 3 heterocycles. The first-order valence-corrected chi connectivity index (χ1v) is 11.4. The molecule has 31 heavy (non-hydrogen) atoms. The number of benzene rings is 2. The summed E-state index contributed by atoms with van der Waals surface area (Å²) in [5.74, 6) is 0.0111. The van der Waals surface area contributed by atoms with Crippen molar-refractivity contribution in [3.63, 3.8) is 0 Å². The van der Waals surface area contributed by atoms with Gasteiger partial charge in [0.25, 0.3) is 5.91 Å². The van der Waals surface area contributed by atoms with Crippen LogP contribution in [0, 0.1) is 13.8 Å². The van der Waals surface area contributed by atoms with Gasteiger partial charge in [0.15, 0.2) is 10.8 Å². The van der Waals surface area contributed by atoms with E-state index in [-0.39, 0.29) is 11.9 Å². The van der Waals surface area contributed by atoms with Gasteiger partial charge in [-0.15, -0.1) is 0 Å². The summed E-state index contributed by atoms with van der Waals surface area (Å²) in [6, 6.07) is 18.1. The monoisotopic (exact) mass is 431 g/mol. The third-order valence-corrected chi connectivity index (χ3v) is 7.01. The second kappa shape index (κ2) is 8.15. The number of carbonyl (C=O) groups excluding carboxylic acids is 1. The summed E-state index contributed by atoms with van der Waals surface area (Å²) >= 11 is 1.70. The number of carbonyl (C=O) groups is 1. The van der Waals surface area contributed by atoms with E-state index < -0.39 is 0 Å². The van der Waals surface area contributed by atoms with E-state index in [1.165, 1.54) is 0 Å². The molecule has 0 atom stereocenters. The Labute approximate surface area is 185 Å². The van der Waals surface area contributed by atoms with Crippen LogP contribution >= 0.6 is 11.3 Å². The number of thiazole rings is 1. The Morgan fingerprint density at radius 3 is 2.45 bits per heavy atom. The SMILES string of the molecule is Cc1ccc(C(=O)NC2CCN(c3nc4c(s3)c(C)nn4-c3ccccc3)CC2)cc1. The molecule has 1 fully saturated rings. The minimum atomic E-state index is 0.0111. The highest BCUT2D eigenvalue weighted by molar-refractivity contribution is 7.22. The van der Waals surface area contributed by atoms with Crippen molar-refractivity contribution in [1.82, 2.24) is 20.1 Å². The molecule has 2 aromatic heterocycles. The lowest BCUT2D eigenvalue weighted by atomic mass is 10.0. The maximum atomic E-state index is 12.5. The number of hydrogen-bond acceptors (Lipinski definition) is 5. The third-order valence-electron chi connectivity index (χ3n) is 5.79. The fourth-order valence-corrected chi connectivity index (χ4v) is 5.03. The lowest BCUT2D eigenvalue weighted by Crippen LogP contribution is -2.44. The van der Waals surface area contributed by atoms with E-state index >= 15 is 0 Å². The Hall–Kier alpha value is -3.19. The van der Waals surface area contributed by atoms with E-state index in [1.807, 2.05) is 73.1 Å². The van der Waals surface area contributed by atoms with Gasteiger partial charge in [-0.3, -0.25) is 4.79 Å². The number of piperidine rings is 1. The topological polar surface area (TPSA) is 63.1 Å². The molecule has 0 radical (unpaired) electrons. The molecule has 1 aliphatic rings. The van der Waals surface area contributed by atoms with E-state index in [2.05, 4.69) is 15.3 Å². The van der Waals surface area contributed by atoms with Gasteiger partial charge >= 0.3 is 0 Å². The highest BCUT2D eigenvalue weighted by Gasteiger charge is 2.24. The quantitative estimate of drug-likeness (QED) is 0.517. The molecule has 1 saturated heterocycles. The molecule has 1 amide bonds. The van der Waals surface area contributed by atoms with Crippen molar-refractivity contribution < 1.29 is 4.79 Å². The second-order valence-electron chi connectivity index (χ2n) is 8.08. The summed E-state index contributed by atoms with van der Waals surface area (Å²) in [5, 5.41) is 8.91. The van der Waals surface area contributed by atoms with Crippen LogP contribution in [0.25, 0.3) is 16.0 Å². The van der Waals surface area contributed by atoms with Crippen molar-refractivity contribution in [2.45, 2.75) is 32.7 Å². The summed E-state index contributed by atoms with van der Waals surface area (Å²) in [6.07, 6.45) is 1.83. The van der Waals surface area contributed by atoms with Gasteiger partial charge in [-0.25, -0.2) is 4.68 Å². The maximum Gasteiger partial charge on any atom is 0.251 e. The molecular formula is C24H25N5OS. The number of hydrogen-bond donors (Lipinski definition) is 1. The molecule has 6 nitrogen and oxygen atoms in total. The first-order valence-electron chi connectivity index (χ1n) is 10.6. The minimum absolute atomic E-state index is 0.0111. The lowest BCUT2D eigenvalue weighted by molar-refractivity contribution is 0.0931. The second-order valence-corrected chi connectivity index (χ2v) is 9.06. The third kappa shape index (κ3) is 3.93. The molecule has 158 valence electrons. The van der Waals surface area contributed by atoms with Gasteiger partial charge < -0.3 is 10.2 Å². The molecule has 0 bridgehead atoms. The number of nitrogens with one attached hydrogen (secondary N) is 1. The standard InChI is InChI=1S/C24H25N5OS/c1-16-8-10-18(11-9-16)23(30)25-19-12-14-28(15-13-19)24-26-22-21(31-24)17(2)27-29(22)20-6-4-3-5-7-20/h3-11,19H,12-15H2,1-2H3,(H,25,30). The number of para-hydroxylation sites is 1. The predicted octanol–water partition coefficient (Wildman–Crippen LogP) is 4.50. The van der Waals surface area contributed by atoms with Gasteiger partial charge in [-0.05, 0) is 51.0 Å². The summed E-state index contributed by atoms with van der Waals surface area (Å²) in [4.78, 5) is 19.8. The molecule has 2 aromatic carbocycles. The molecule has 0 spiro atoms. The lowest BCUT2D eigenvalue weighted by Gasteiger charge is -2.32. The van der Waals surface area contributed by atoms with Crippen LogP contribution in [0.3, 0.4) is 0 Å². The number of aromatic nitrogens is 3. The largest absolute Gasteiger partial charge is 0.349 e. The molecule has 0 saturated carbocycles. The van der Waals surface area contributed by atoms with Crippen molar-refractivity contribution in [2.24, 2.45) is 0 Å². The van der Waals surface area contributed by atoms with Crippen molar-refractivity contribution >= 4 is 32.7 Å². The van der Waals surface area contributed by atoms with Crippen LogP contribution in [-0.2, 0) is 0 Å². The van der Waals surface area contributed by atoms with Crippen LogP contribution in [0.1, 0.15) is 34.5 Å². The number of nitrogens with zero attached hydrogens (tertiary/aromatic N) is 4. The Morgan fingerprint density at radius 2 is 1.74 bits per heavy atom. The van der Waals surface area contributed by atoms with E-state index in [0.29, 0.717) is 0 Å². The van der Waals surface area contributed by atoms with Gasteiger partial charge in [-0.2, -0.15) is 10.1 Å². The fourth-order valence-electron chi connectivity index (χ4n) is 4.00. The van der Waals surface area contributed by atoms with Crippen molar-refractivity contribution in [3.05, 3.63) is 71.4 Å². The minimum Gasteiger partial charge on any atom is -0.349 e. The summed E-state index contributed by atoms with van der Waals surface area (Å²) in [6.45, 7) is 5.83. The predicted molar refractivity (Wildman–Crippen MR) is 125 cm³/mol. The van der Waals surface area contributed by atoms with Crippen molar-refractivity contribution in [1.29, 1.82) is 0 Å². The molecule has 1 N–H and O–H groups in total. The summed E-state index contributed by atoms with van der Waals surface area (Å²) in [7, 11) is 0. The first-order chi connectivity index (χ1) is 15.1. The van der Waals surface area contributed by atoms with E-state index in [9.17, 15) is 4.79 Å². The number of anilines is 1. The first kappa shape index (κ1) is 19.8. The molecule has 7 heteroatoms. The van der Waals surface area contributed by atoms with Crippen LogP contribution < -0.4 is 10.2 Å². The van der Waals surface area contributed by atoms with Crippen LogP contribution in [-0.4, -0.2) is 39.8 Å². The summed E-state index contributed by atoms with van der Waals surface area (Å²) in [5.41, 5.74) is 4.82. The molecule has 1 aliphatic heterocycles. The van der Waals surface area contributed by atoms with E-state index in [4.69, 9.17) is 4.98 Å². The molecule has 5 rings (SSSR count). The van der Waals surface area contributed by atoms with Crippen LogP contribution in [0.4, 0.5) is 5.13 Å². The van der Waals surface area contributed by atoms with Crippen LogP contribution in [0.5, 0.6) is 0 Å². The smallest absolute Gasteiger partial charge is 0.251 e. The van der Waals surface area contributed by atoms with Gasteiger partial charge in [0, 0.05) is 24.7 Å². The van der Waals surface area contributed by atoms with Gasteiger partial charge in [0.1, 0.15) is 0 Å². The molecule has 4 aromatic rings. The van der Waals surface area contributed by atoms with Gasteiger partial charge in [0.05, 0.1) is 16.1 Å². The fraction of sp³-hybridized carbons (Fsp3) is 0.292. The van der Waals surface area contributed by atoms with Gasteiger partial charge in [-0.1, -0.05) is 47.2 Å². The zero-order valence-corrected chi connectivity index (χ0v) is 18.5. The number of amides is 1. The molecular weight excluding hydrogens is 406 g/mol. The van der Waals surface area contributed by atoms with Crippen LogP contribution in [0.15, 0.2) is 54.6 Å². The zero-order valence-electron chi connectivity index (χ0n) is 17.7. The Kier molecular flexibility index (Phi) is 5.19. The molecule has 0 aliphatic carbocycles. The summed E-state index contributed by atoms with van der Waals surface area (Å²) < 4.78 is 3.06. The maximum absolute atomic E-state index is 12.5. The average molecular weight is 432 g/mol. The number of fused-ring (bicyclic) bond motifs is 1. The number of rotatable bonds is 4. The zero-order chi connectivity index (χ0) is 21.4. The highest BCUT2D eigenvalue weighted by atomic mass is 32.1. The van der Waals surface area contributed by atoms with Crippen molar-refractivity contribution in [3.8, 4) is 5.69 Å². The van der Waals surface area contributed by atoms with Crippen molar-refractivity contribution in [2.75, 3.05) is 18.0 Å². The highest BCUT2D eigenvalue weighted by Crippen LogP contribution is 2.33. The Morgan fingerprint density at radius 1 is 1.03 bits per heavy atom. The van der Waals surface area contributed by atoms with Gasteiger partial charge in [0.2, 0.25) is 0 Å². The Bertz CT molecular complexity index is 1200. The van der Waals surface area contributed by atoms with E-state index in [1.54, 1.807) is 11.3 Å². The average Bonchev–Trinajstić information content (AvgIpc) is 3.36. The normalized spacial score (nSPS) is 14.8. The Balaban J connectivity index is 1.27. The van der Waals surface area contributed by atoms with E-state index in [0.717, 1.165) is 63.9 Å². The number of aryl methyl sites for hydroxylation is 2. The molecule has 0 unspecified atom stereocenters. The van der Waals surface area contributed by atoms with Crippen LogP contribution in [0.2, 0.25) is 0 Å².